The van der Waals surface area contributed by atoms with Crippen LogP contribution in [0.2, 0.25) is 5.02 Å². The van der Waals surface area contributed by atoms with Gasteiger partial charge in [-0.05, 0) is 44.0 Å². The second-order valence-electron chi connectivity index (χ2n) is 6.01. The Morgan fingerprint density at radius 2 is 1.85 bits per heavy atom. The fraction of sp³-hybridized carbons (Fsp3) is 0.364. The molecule has 0 radical (unpaired) electrons. The largest absolute Gasteiger partial charge is 0.481 e. The van der Waals surface area contributed by atoms with Gasteiger partial charge in [-0.2, -0.15) is 0 Å². The van der Waals surface area contributed by atoms with E-state index in [1.165, 1.54) is 24.3 Å². The van der Waals surface area contributed by atoms with Crippen molar-refractivity contribution in [3.63, 3.8) is 0 Å². The summed E-state index contributed by atoms with van der Waals surface area (Å²) in [6.45, 7) is 9.91. The monoisotopic (exact) mass is 388 g/mol. The van der Waals surface area contributed by atoms with Crippen LogP contribution in [-0.4, -0.2) is 23.4 Å². The van der Waals surface area contributed by atoms with Crippen LogP contribution in [0.25, 0.3) is 22.0 Å². The quantitative estimate of drug-likeness (QED) is 0.529. The summed E-state index contributed by atoms with van der Waals surface area (Å²) >= 11 is 6.12. The van der Waals surface area contributed by atoms with Crippen molar-refractivity contribution in [2.45, 2.75) is 47.5 Å². The van der Waals surface area contributed by atoms with Crippen LogP contribution in [0, 0.1) is 6.92 Å². The fourth-order valence-electron chi connectivity index (χ4n) is 2.71. The molecule has 1 N–H and O–H groups in total. The van der Waals surface area contributed by atoms with Gasteiger partial charge in [0.2, 0.25) is 5.88 Å². The zero-order chi connectivity index (χ0) is 20.4. The number of hydrogen-bond acceptors (Lipinski definition) is 3. The van der Waals surface area contributed by atoms with Crippen molar-refractivity contribution in [2.24, 2.45) is 0 Å². The van der Waals surface area contributed by atoms with Gasteiger partial charge in [0.05, 0.1) is 12.1 Å². The van der Waals surface area contributed by atoms with Gasteiger partial charge in [0.1, 0.15) is 6.29 Å². The predicted molar refractivity (Wildman–Crippen MR) is 115 cm³/mol. The summed E-state index contributed by atoms with van der Waals surface area (Å²) in [4.78, 5) is 16.5. The van der Waals surface area contributed by atoms with Crippen molar-refractivity contribution in [3.05, 3.63) is 46.7 Å². The van der Waals surface area contributed by atoms with Crippen LogP contribution in [0.3, 0.4) is 0 Å². The van der Waals surface area contributed by atoms with Crippen LogP contribution in [0.5, 0.6) is 5.88 Å². The number of methoxy groups -OCH3 is 1. The summed E-state index contributed by atoms with van der Waals surface area (Å²) in [6, 6.07) is 8.39. The van der Waals surface area contributed by atoms with Crippen molar-refractivity contribution in [1.29, 1.82) is 0 Å². The number of aromatic amines is 1. The van der Waals surface area contributed by atoms with Crippen molar-refractivity contribution in [2.75, 3.05) is 7.11 Å². The first-order chi connectivity index (χ1) is 13.0. The summed E-state index contributed by atoms with van der Waals surface area (Å²) in [7, 11) is 1.63. The molecule has 4 nitrogen and oxygen atoms in total. The second-order valence-corrected chi connectivity index (χ2v) is 6.45. The SMILES string of the molecule is CC=O.CCC.CCc1ccc2[nH]c(C)c(-c3cc(Cl)cnc3OC)c2c1. The number of ether oxygens (including phenoxy) is 1. The van der Waals surface area contributed by atoms with Crippen LogP contribution in [0.4, 0.5) is 0 Å². The minimum absolute atomic E-state index is 0.588. The number of carbonyl (C=O) groups excluding carboxylic acids is 1. The van der Waals surface area contributed by atoms with Crippen molar-refractivity contribution >= 4 is 28.8 Å². The molecule has 27 heavy (non-hydrogen) atoms. The number of nitrogens with one attached hydrogen (secondary N) is 1. The molecule has 0 bridgehead atoms. The number of carbonyl (C=O) groups is 1. The highest BCUT2D eigenvalue weighted by Gasteiger charge is 2.16. The molecule has 0 saturated carbocycles. The smallest absolute Gasteiger partial charge is 0.221 e. The third-order valence-corrected chi connectivity index (χ3v) is 3.95. The lowest BCUT2D eigenvalue weighted by atomic mass is 10.0. The first-order valence-electron chi connectivity index (χ1n) is 9.18. The first kappa shape index (κ1) is 22.7. The Bertz CT molecular complexity index is 872. The summed E-state index contributed by atoms with van der Waals surface area (Å²) in [5.41, 5.74) is 5.52. The lowest BCUT2D eigenvalue weighted by Crippen LogP contribution is -1.92. The van der Waals surface area contributed by atoms with E-state index in [1.54, 1.807) is 13.3 Å². The molecule has 0 saturated heterocycles. The molecule has 0 fully saturated rings. The van der Waals surface area contributed by atoms with Crippen molar-refractivity contribution in [3.8, 4) is 17.0 Å². The zero-order valence-electron chi connectivity index (χ0n) is 17.0. The van der Waals surface area contributed by atoms with Gasteiger partial charge in [-0.25, -0.2) is 4.98 Å². The molecular formula is C22H29ClN2O2. The highest BCUT2D eigenvalue weighted by Crippen LogP contribution is 2.38. The Morgan fingerprint density at radius 1 is 1.22 bits per heavy atom. The minimum Gasteiger partial charge on any atom is -0.481 e. The normalized spacial score (nSPS) is 9.74. The zero-order valence-corrected chi connectivity index (χ0v) is 17.8. The second kappa shape index (κ2) is 11.4. The number of aryl methyl sites for hydroxylation is 2. The molecule has 0 atom stereocenters. The molecule has 5 heteroatoms. The molecule has 3 rings (SSSR count). The molecule has 2 aromatic heterocycles. The minimum atomic E-state index is 0.588. The number of pyridine rings is 1. The van der Waals surface area contributed by atoms with Gasteiger partial charge in [0.25, 0.3) is 0 Å². The van der Waals surface area contributed by atoms with Gasteiger partial charge in [-0.3, -0.25) is 0 Å². The third kappa shape index (κ3) is 5.83. The van der Waals surface area contributed by atoms with Crippen LogP contribution in [0.15, 0.2) is 30.5 Å². The third-order valence-electron chi connectivity index (χ3n) is 3.74. The van der Waals surface area contributed by atoms with E-state index >= 15 is 0 Å². The number of H-pyrrole nitrogens is 1. The first-order valence-corrected chi connectivity index (χ1v) is 9.55. The number of aromatic nitrogens is 2. The molecule has 0 aliphatic heterocycles. The molecule has 0 spiro atoms. The van der Waals surface area contributed by atoms with Crippen molar-refractivity contribution in [1.82, 2.24) is 9.97 Å². The van der Waals surface area contributed by atoms with Crippen LogP contribution in [-0.2, 0) is 11.2 Å². The number of hydrogen-bond donors (Lipinski definition) is 1. The molecule has 2 heterocycles. The highest BCUT2D eigenvalue weighted by molar-refractivity contribution is 6.30. The van der Waals surface area contributed by atoms with Crippen LogP contribution < -0.4 is 4.74 Å². The van der Waals surface area contributed by atoms with E-state index in [0.717, 1.165) is 35.0 Å². The van der Waals surface area contributed by atoms with Gasteiger partial charge < -0.3 is 14.5 Å². The predicted octanol–water partition coefficient (Wildman–Crippen LogP) is 6.38. The topological polar surface area (TPSA) is 55.0 Å². The molecule has 1 aromatic carbocycles. The van der Waals surface area contributed by atoms with Crippen LogP contribution >= 0.6 is 11.6 Å². The average molecular weight is 389 g/mol. The van der Waals surface area contributed by atoms with E-state index in [2.05, 4.69) is 55.9 Å². The lowest BCUT2D eigenvalue weighted by Gasteiger charge is -2.08. The summed E-state index contributed by atoms with van der Waals surface area (Å²) in [6.07, 6.45) is 4.61. The van der Waals surface area contributed by atoms with E-state index in [-0.39, 0.29) is 0 Å². The molecule has 0 unspecified atom stereocenters. The Morgan fingerprint density at radius 3 is 2.41 bits per heavy atom. The van der Waals surface area contributed by atoms with E-state index in [0.29, 0.717) is 10.9 Å². The van der Waals surface area contributed by atoms with E-state index in [1.807, 2.05) is 6.07 Å². The number of halogens is 1. The van der Waals surface area contributed by atoms with Gasteiger partial charge in [0, 0.05) is 33.9 Å². The number of nitrogens with zero attached hydrogens (tertiary/aromatic N) is 1. The average Bonchev–Trinajstić information content (AvgIpc) is 2.97. The lowest BCUT2D eigenvalue weighted by molar-refractivity contribution is -0.106. The maximum atomic E-state index is 8.81. The summed E-state index contributed by atoms with van der Waals surface area (Å²) < 4.78 is 5.40. The summed E-state index contributed by atoms with van der Waals surface area (Å²) in [5.74, 6) is 0.588. The maximum Gasteiger partial charge on any atom is 0.221 e. The molecule has 146 valence electrons. The van der Waals surface area contributed by atoms with E-state index < -0.39 is 0 Å². The highest BCUT2D eigenvalue weighted by atomic mass is 35.5. The Kier molecular flexibility index (Phi) is 9.59. The number of aldehydes is 1. The van der Waals surface area contributed by atoms with Crippen LogP contribution in [0.1, 0.15) is 45.4 Å². The number of fused-ring (bicyclic) bond motifs is 1. The number of rotatable bonds is 3. The van der Waals surface area contributed by atoms with Gasteiger partial charge in [0.15, 0.2) is 0 Å². The fourth-order valence-corrected chi connectivity index (χ4v) is 2.87. The number of benzene rings is 1. The van der Waals surface area contributed by atoms with Crippen molar-refractivity contribution < 1.29 is 9.53 Å². The van der Waals surface area contributed by atoms with Gasteiger partial charge in [-0.15, -0.1) is 0 Å². The molecule has 0 amide bonds. The summed E-state index contributed by atoms with van der Waals surface area (Å²) in [5, 5.41) is 1.78. The van der Waals surface area contributed by atoms with E-state index in [4.69, 9.17) is 21.1 Å². The molecule has 0 aliphatic rings. The van der Waals surface area contributed by atoms with E-state index in [9.17, 15) is 0 Å². The molecular weight excluding hydrogens is 360 g/mol. The molecule has 3 aromatic rings. The molecule has 0 aliphatic carbocycles. The Balaban J connectivity index is 0.000000540. The maximum absolute atomic E-state index is 8.81. The Hall–Kier alpha value is -2.33. The Labute approximate surface area is 166 Å². The van der Waals surface area contributed by atoms with Gasteiger partial charge in [-0.1, -0.05) is 44.9 Å². The van der Waals surface area contributed by atoms with Gasteiger partial charge >= 0.3 is 0 Å². The standard InChI is InChI=1S/C17H17ClN2O.C3H8.C2H4O/c1-4-11-5-6-15-13(7-11)16(10(2)20-15)14-8-12(18)9-19-17(14)21-3;1-3-2;1-2-3/h5-9,20H,4H2,1-3H3;3H2,1-2H3;2H,1H3.